The number of aliphatic hydroxyl groups is 1. The normalized spacial score (nSPS) is 9.62. The Morgan fingerprint density at radius 3 is 2.71 bits per heavy atom. The molecule has 0 unspecified atom stereocenters. The van der Waals surface area contributed by atoms with Crippen molar-refractivity contribution in [2.75, 3.05) is 11.9 Å². The second-order valence-electron chi connectivity index (χ2n) is 4.49. The summed E-state index contributed by atoms with van der Waals surface area (Å²) in [5, 5.41) is 20.8. The summed E-state index contributed by atoms with van der Waals surface area (Å²) in [6, 6.07) is 11.5. The molecule has 2 aromatic rings. The second kappa shape index (κ2) is 6.60. The number of hydrogen-bond acceptors (Lipinski definition) is 3. The molecule has 106 valence electrons. The monoisotopic (exact) mass is 281 g/mol. The molecule has 0 aliphatic rings. The van der Waals surface area contributed by atoms with E-state index in [0.717, 1.165) is 11.1 Å². The van der Waals surface area contributed by atoms with Crippen LogP contribution in [0.3, 0.4) is 0 Å². The van der Waals surface area contributed by atoms with Gasteiger partial charge in [0.15, 0.2) is 0 Å². The fourth-order valence-electron chi connectivity index (χ4n) is 1.87. The summed E-state index contributed by atoms with van der Waals surface area (Å²) in [4.78, 5) is 12.1. The van der Waals surface area contributed by atoms with Gasteiger partial charge in [0.25, 0.3) is 5.91 Å². The smallest absolute Gasteiger partial charge is 0.255 e. The number of carbonyl (C=O) groups excluding carboxylic acids is 1. The van der Waals surface area contributed by atoms with Gasteiger partial charge in [-0.1, -0.05) is 17.9 Å². The maximum atomic E-state index is 12.1. The first-order chi connectivity index (χ1) is 10.1. The van der Waals surface area contributed by atoms with Gasteiger partial charge in [-0.25, -0.2) is 0 Å². The second-order valence-corrected chi connectivity index (χ2v) is 4.49. The van der Waals surface area contributed by atoms with Crippen LogP contribution in [0.4, 0.5) is 5.69 Å². The van der Waals surface area contributed by atoms with Gasteiger partial charge in [0.05, 0.1) is 0 Å². The molecule has 0 bridgehead atoms. The zero-order chi connectivity index (χ0) is 15.2. The average molecular weight is 281 g/mol. The topological polar surface area (TPSA) is 69.6 Å². The highest BCUT2D eigenvalue weighted by atomic mass is 16.3. The van der Waals surface area contributed by atoms with Crippen molar-refractivity contribution in [1.82, 2.24) is 0 Å². The number of carbonyl (C=O) groups is 1. The van der Waals surface area contributed by atoms with Crippen LogP contribution in [0.2, 0.25) is 0 Å². The van der Waals surface area contributed by atoms with Crippen molar-refractivity contribution in [2.24, 2.45) is 0 Å². The molecule has 0 fully saturated rings. The molecule has 0 saturated heterocycles. The number of anilines is 1. The van der Waals surface area contributed by atoms with Crippen LogP contribution in [0.5, 0.6) is 5.75 Å². The molecular weight excluding hydrogens is 266 g/mol. The molecule has 21 heavy (non-hydrogen) atoms. The Morgan fingerprint density at radius 1 is 1.24 bits per heavy atom. The lowest BCUT2D eigenvalue weighted by molar-refractivity contribution is 0.102. The zero-order valence-electron chi connectivity index (χ0n) is 11.6. The highest BCUT2D eigenvalue weighted by Crippen LogP contribution is 2.17. The van der Waals surface area contributed by atoms with E-state index in [4.69, 9.17) is 5.11 Å². The summed E-state index contributed by atoms with van der Waals surface area (Å²) >= 11 is 0. The highest BCUT2D eigenvalue weighted by molar-refractivity contribution is 6.04. The number of benzene rings is 2. The standard InChI is InChI=1S/C17H15NO3/c1-12-10-15(8-7-13(12)5-3-9-19)18-17(21)14-4-2-6-16(20)11-14/h2,4,6-8,10-11,19-20H,9H2,1H3,(H,18,21). The van der Waals surface area contributed by atoms with Gasteiger partial charge < -0.3 is 15.5 Å². The van der Waals surface area contributed by atoms with E-state index in [1.165, 1.54) is 12.1 Å². The molecule has 1 amide bonds. The Balaban J connectivity index is 2.17. The fourth-order valence-corrected chi connectivity index (χ4v) is 1.87. The van der Waals surface area contributed by atoms with Crippen LogP contribution in [-0.4, -0.2) is 22.7 Å². The first kappa shape index (κ1) is 14.6. The maximum Gasteiger partial charge on any atom is 0.255 e. The summed E-state index contributed by atoms with van der Waals surface area (Å²) < 4.78 is 0. The van der Waals surface area contributed by atoms with Crippen LogP contribution in [0, 0.1) is 18.8 Å². The van der Waals surface area contributed by atoms with Gasteiger partial charge in [0.1, 0.15) is 12.4 Å². The molecule has 0 radical (unpaired) electrons. The fraction of sp³-hybridized carbons (Fsp3) is 0.118. The van der Waals surface area contributed by atoms with Crippen molar-refractivity contribution in [3.8, 4) is 17.6 Å². The van der Waals surface area contributed by atoms with Crippen LogP contribution in [0.15, 0.2) is 42.5 Å². The quantitative estimate of drug-likeness (QED) is 0.740. The van der Waals surface area contributed by atoms with E-state index in [1.54, 1.807) is 24.3 Å². The van der Waals surface area contributed by atoms with Crippen molar-refractivity contribution >= 4 is 11.6 Å². The molecule has 0 aliphatic heterocycles. The van der Waals surface area contributed by atoms with Crippen molar-refractivity contribution in [3.63, 3.8) is 0 Å². The summed E-state index contributed by atoms with van der Waals surface area (Å²) in [6.07, 6.45) is 0. The van der Waals surface area contributed by atoms with E-state index in [2.05, 4.69) is 17.2 Å². The van der Waals surface area contributed by atoms with Gasteiger partial charge in [0.2, 0.25) is 0 Å². The maximum absolute atomic E-state index is 12.1. The number of hydrogen-bond donors (Lipinski definition) is 3. The summed E-state index contributed by atoms with van der Waals surface area (Å²) in [5.41, 5.74) is 2.75. The number of aromatic hydroxyl groups is 1. The molecule has 3 N–H and O–H groups in total. The predicted octanol–water partition coefficient (Wildman–Crippen LogP) is 2.30. The van der Waals surface area contributed by atoms with E-state index in [-0.39, 0.29) is 18.3 Å². The van der Waals surface area contributed by atoms with Crippen LogP contribution < -0.4 is 5.32 Å². The van der Waals surface area contributed by atoms with Crippen molar-refractivity contribution in [1.29, 1.82) is 0 Å². The van der Waals surface area contributed by atoms with Gasteiger partial charge >= 0.3 is 0 Å². The molecule has 2 rings (SSSR count). The minimum atomic E-state index is -0.292. The van der Waals surface area contributed by atoms with Crippen LogP contribution >= 0.6 is 0 Å². The zero-order valence-corrected chi connectivity index (χ0v) is 11.6. The Hall–Kier alpha value is -2.77. The first-order valence-corrected chi connectivity index (χ1v) is 6.41. The minimum absolute atomic E-state index is 0.0495. The van der Waals surface area contributed by atoms with Gasteiger partial charge in [-0.2, -0.15) is 0 Å². The van der Waals surface area contributed by atoms with Crippen LogP contribution in [0.1, 0.15) is 21.5 Å². The number of aliphatic hydroxyl groups excluding tert-OH is 1. The van der Waals surface area contributed by atoms with Gasteiger partial charge in [0, 0.05) is 16.8 Å². The number of phenols is 1. The van der Waals surface area contributed by atoms with Gasteiger partial charge in [-0.15, -0.1) is 0 Å². The Kier molecular flexibility index (Phi) is 4.60. The summed E-state index contributed by atoms with van der Waals surface area (Å²) in [5.74, 6) is 5.18. The summed E-state index contributed by atoms with van der Waals surface area (Å²) in [7, 11) is 0. The molecule has 2 aromatic carbocycles. The molecular formula is C17H15NO3. The number of aryl methyl sites for hydroxylation is 1. The molecule has 0 spiro atoms. The van der Waals surface area contributed by atoms with Crippen LogP contribution in [0.25, 0.3) is 0 Å². The Morgan fingerprint density at radius 2 is 2.05 bits per heavy atom. The number of nitrogens with one attached hydrogen (secondary N) is 1. The van der Waals surface area contributed by atoms with Gasteiger partial charge in [-0.3, -0.25) is 4.79 Å². The number of rotatable bonds is 2. The predicted molar refractivity (Wildman–Crippen MR) is 81.2 cm³/mol. The van der Waals surface area contributed by atoms with E-state index in [0.29, 0.717) is 11.3 Å². The van der Waals surface area contributed by atoms with Crippen LogP contribution in [-0.2, 0) is 0 Å². The first-order valence-electron chi connectivity index (χ1n) is 6.41. The molecule has 4 nitrogen and oxygen atoms in total. The van der Waals surface area contributed by atoms with E-state index < -0.39 is 0 Å². The molecule has 0 aromatic heterocycles. The van der Waals surface area contributed by atoms with Gasteiger partial charge in [-0.05, 0) is 48.9 Å². The minimum Gasteiger partial charge on any atom is -0.508 e. The van der Waals surface area contributed by atoms with E-state index in [9.17, 15) is 9.90 Å². The molecule has 0 aliphatic carbocycles. The van der Waals surface area contributed by atoms with E-state index >= 15 is 0 Å². The third-order valence-corrected chi connectivity index (χ3v) is 2.89. The SMILES string of the molecule is Cc1cc(NC(=O)c2cccc(O)c2)ccc1C#CCO. The molecule has 0 heterocycles. The Bertz CT molecular complexity index is 726. The van der Waals surface area contributed by atoms with Crippen molar-refractivity contribution in [2.45, 2.75) is 6.92 Å². The largest absolute Gasteiger partial charge is 0.508 e. The lowest BCUT2D eigenvalue weighted by Gasteiger charge is -2.07. The molecule has 0 saturated carbocycles. The van der Waals surface area contributed by atoms with E-state index in [1.807, 2.05) is 13.0 Å². The Labute approximate surface area is 123 Å². The number of phenolic OH excluding ortho intramolecular Hbond substituents is 1. The third-order valence-electron chi connectivity index (χ3n) is 2.89. The average Bonchev–Trinajstić information content (AvgIpc) is 2.46. The van der Waals surface area contributed by atoms with Crippen molar-refractivity contribution in [3.05, 3.63) is 59.2 Å². The summed E-state index contributed by atoms with van der Waals surface area (Å²) in [6.45, 7) is 1.70. The number of amides is 1. The lowest BCUT2D eigenvalue weighted by Crippen LogP contribution is -2.11. The highest BCUT2D eigenvalue weighted by Gasteiger charge is 2.07. The lowest BCUT2D eigenvalue weighted by atomic mass is 10.1. The third kappa shape index (κ3) is 3.85. The van der Waals surface area contributed by atoms with Crippen molar-refractivity contribution < 1.29 is 15.0 Å². The molecule has 0 atom stereocenters. The molecule has 4 heteroatoms.